The van der Waals surface area contributed by atoms with Crippen LogP contribution in [0.2, 0.25) is 0 Å². The van der Waals surface area contributed by atoms with Gasteiger partial charge in [0.05, 0.1) is 42.6 Å². The number of methoxy groups -OCH3 is 1. The standard InChI is InChI=1S/C24H23N5O4S/c1-28(19-10-4-3-9-18(19)23(31)25-14-17-8-7-13-33-17)22(30)15-34-24-27-26-16-29(24)20-11-5-6-12-21(20)32-2/h3-13,16H,14-15H2,1-2H3,(H,25,31). The molecule has 2 aromatic heterocycles. The normalized spacial score (nSPS) is 10.6. The van der Waals surface area contributed by atoms with Crippen LogP contribution in [0.4, 0.5) is 5.69 Å². The number of thioether (sulfide) groups is 1. The van der Waals surface area contributed by atoms with E-state index in [9.17, 15) is 9.59 Å². The number of nitrogens with zero attached hydrogens (tertiary/aromatic N) is 4. The van der Waals surface area contributed by atoms with Gasteiger partial charge < -0.3 is 19.4 Å². The Labute approximate surface area is 200 Å². The van der Waals surface area contributed by atoms with Crippen molar-refractivity contribution < 1.29 is 18.7 Å². The second kappa shape index (κ2) is 10.7. The van der Waals surface area contributed by atoms with Gasteiger partial charge in [0, 0.05) is 7.05 Å². The van der Waals surface area contributed by atoms with Gasteiger partial charge in [0.2, 0.25) is 5.91 Å². The lowest BCUT2D eigenvalue weighted by molar-refractivity contribution is -0.115. The highest BCUT2D eigenvalue weighted by Gasteiger charge is 2.20. The van der Waals surface area contributed by atoms with Crippen molar-refractivity contribution >= 4 is 29.3 Å². The summed E-state index contributed by atoms with van der Waals surface area (Å²) in [7, 11) is 3.24. The number of carbonyl (C=O) groups is 2. The summed E-state index contributed by atoms with van der Waals surface area (Å²) in [5.41, 5.74) is 1.68. The van der Waals surface area contributed by atoms with E-state index in [1.165, 1.54) is 16.7 Å². The van der Waals surface area contributed by atoms with Crippen molar-refractivity contribution in [2.24, 2.45) is 0 Å². The van der Waals surface area contributed by atoms with Gasteiger partial charge >= 0.3 is 0 Å². The van der Waals surface area contributed by atoms with Gasteiger partial charge in [-0.2, -0.15) is 0 Å². The van der Waals surface area contributed by atoms with E-state index in [-0.39, 0.29) is 24.1 Å². The van der Waals surface area contributed by atoms with E-state index in [1.807, 2.05) is 24.3 Å². The van der Waals surface area contributed by atoms with Gasteiger partial charge in [0.15, 0.2) is 5.16 Å². The molecular weight excluding hydrogens is 454 g/mol. The summed E-state index contributed by atoms with van der Waals surface area (Å²) < 4.78 is 12.4. The SMILES string of the molecule is COc1ccccc1-n1cnnc1SCC(=O)N(C)c1ccccc1C(=O)NCc1ccco1. The predicted molar refractivity (Wildman–Crippen MR) is 128 cm³/mol. The first-order chi connectivity index (χ1) is 16.6. The molecule has 0 bridgehead atoms. The lowest BCUT2D eigenvalue weighted by Gasteiger charge is -2.20. The number of carbonyl (C=O) groups excluding carboxylic acids is 2. The maximum atomic E-state index is 13.0. The van der Waals surface area contributed by atoms with Crippen LogP contribution in [0.5, 0.6) is 5.75 Å². The fraction of sp³-hybridized carbons (Fsp3) is 0.167. The van der Waals surface area contributed by atoms with Crippen LogP contribution in [0, 0.1) is 0 Å². The Morgan fingerprint density at radius 1 is 1.12 bits per heavy atom. The highest BCUT2D eigenvalue weighted by atomic mass is 32.2. The molecular formula is C24H23N5O4S. The van der Waals surface area contributed by atoms with Crippen molar-refractivity contribution in [3.63, 3.8) is 0 Å². The van der Waals surface area contributed by atoms with Crippen molar-refractivity contribution in [1.29, 1.82) is 0 Å². The zero-order valence-electron chi connectivity index (χ0n) is 18.7. The van der Waals surface area contributed by atoms with Crippen LogP contribution >= 0.6 is 11.8 Å². The minimum absolute atomic E-state index is 0.104. The molecule has 4 rings (SSSR count). The van der Waals surface area contributed by atoms with Crippen LogP contribution in [0.3, 0.4) is 0 Å². The molecule has 0 saturated heterocycles. The quantitative estimate of drug-likeness (QED) is 0.368. The van der Waals surface area contributed by atoms with E-state index < -0.39 is 0 Å². The number of amides is 2. The lowest BCUT2D eigenvalue weighted by atomic mass is 10.1. The first-order valence-electron chi connectivity index (χ1n) is 10.4. The minimum atomic E-state index is -0.296. The van der Waals surface area contributed by atoms with E-state index in [0.29, 0.717) is 27.9 Å². The van der Waals surface area contributed by atoms with Crippen LogP contribution in [-0.4, -0.2) is 46.5 Å². The van der Waals surface area contributed by atoms with Gasteiger partial charge in [-0.1, -0.05) is 36.0 Å². The number of benzene rings is 2. The third-order valence-electron chi connectivity index (χ3n) is 5.07. The molecule has 0 radical (unpaired) electrons. The van der Waals surface area contributed by atoms with Crippen LogP contribution in [-0.2, 0) is 11.3 Å². The second-order valence-corrected chi connectivity index (χ2v) is 8.12. The lowest BCUT2D eigenvalue weighted by Crippen LogP contribution is -2.31. The van der Waals surface area contributed by atoms with Gasteiger partial charge in [0.25, 0.3) is 5.91 Å². The smallest absolute Gasteiger partial charge is 0.253 e. The number of para-hydroxylation sites is 3. The monoisotopic (exact) mass is 477 g/mol. The number of aromatic nitrogens is 3. The maximum Gasteiger partial charge on any atom is 0.253 e. The molecule has 0 aliphatic heterocycles. The van der Waals surface area contributed by atoms with Gasteiger partial charge in [-0.25, -0.2) is 0 Å². The van der Waals surface area contributed by atoms with E-state index in [0.717, 1.165) is 5.69 Å². The van der Waals surface area contributed by atoms with Gasteiger partial charge in [-0.3, -0.25) is 14.2 Å². The summed E-state index contributed by atoms with van der Waals surface area (Å²) in [4.78, 5) is 27.2. The molecule has 9 nitrogen and oxygen atoms in total. The minimum Gasteiger partial charge on any atom is -0.495 e. The molecule has 0 unspecified atom stereocenters. The number of hydrogen-bond donors (Lipinski definition) is 1. The molecule has 0 spiro atoms. The van der Waals surface area contributed by atoms with Crippen LogP contribution in [0.1, 0.15) is 16.1 Å². The molecule has 0 saturated carbocycles. The Morgan fingerprint density at radius 3 is 2.71 bits per heavy atom. The first-order valence-corrected chi connectivity index (χ1v) is 11.4. The van der Waals surface area contributed by atoms with Gasteiger partial charge in [-0.15, -0.1) is 10.2 Å². The highest BCUT2D eigenvalue weighted by Crippen LogP contribution is 2.27. The summed E-state index contributed by atoms with van der Waals surface area (Å²) in [5.74, 6) is 0.932. The van der Waals surface area contributed by atoms with E-state index in [2.05, 4.69) is 15.5 Å². The molecule has 0 aliphatic carbocycles. The van der Waals surface area contributed by atoms with E-state index in [4.69, 9.17) is 9.15 Å². The number of rotatable bonds is 9. The zero-order chi connectivity index (χ0) is 23.9. The molecule has 34 heavy (non-hydrogen) atoms. The number of nitrogens with one attached hydrogen (secondary N) is 1. The summed E-state index contributed by atoms with van der Waals surface area (Å²) in [6.45, 7) is 0.256. The second-order valence-electron chi connectivity index (χ2n) is 7.18. The van der Waals surface area contributed by atoms with Crippen molar-refractivity contribution in [2.45, 2.75) is 11.7 Å². The molecule has 4 aromatic rings. The molecule has 174 valence electrons. The molecule has 0 fully saturated rings. The first kappa shape index (κ1) is 23.1. The molecule has 1 N–H and O–H groups in total. The summed E-state index contributed by atoms with van der Waals surface area (Å²) in [5, 5.41) is 11.5. The average Bonchev–Trinajstić information content (AvgIpc) is 3.57. The van der Waals surface area contributed by atoms with Gasteiger partial charge in [0.1, 0.15) is 17.8 Å². The Morgan fingerprint density at radius 2 is 1.91 bits per heavy atom. The fourth-order valence-corrected chi connectivity index (χ4v) is 4.14. The number of ether oxygens (including phenoxy) is 1. The number of anilines is 1. The summed E-state index contributed by atoms with van der Waals surface area (Å²) in [6, 6.07) is 18.0. The third-order valence-corrected chi connectivity index (χ3v) is 6.00. The maximum absolute atomic E-state index is 13.0. The molecule has 0 atom stereocenters. The zero-order valence-corrected chi connectivity index (χ0v) is 19.5. The number of furan rings is 1. The Bertz CT molecular complexity index is 1270. The highest BCUT2D eigenvalue weighted by molar-refractivity contribution is 7.99. The summed E-state index contributed by atoms with van der Waals surface area (Å²) >= 11 is 1.25. The average molecular weight is 478 g/mol. The molecule has 2 aromatic carbocycles. The van der Waals surface area contributed by atoms with Crippen LogP contribution in [0.15, 0.2) is 82.8 Å². The predicted octanol–water partition coefficient (Wildman–Crippen LogP) is 3.55. The molecule has 2 heterocycles. The van der Waals surface area contributed by atoms with Crippen molar-refractivity contribution in [1.82, 2.24) is 20.1 Å². The van der Waals surface area contributed by atoms with Crippen molar-refractivity contribution in [3.8, 4) is 11.4 Å². The Kier molecular flexibility index (Phi) is 7.28. The molecule has 10 heteroatoms. The van der Waals surface area contributed by atoms with Crippen molar-refractivity contribution in [3.05, 3.63) is 84.6 Å². The molecule has 2 amide bonds. The molecule has 0 aliphatic rings. The Balaban J connectivity index is 1.44. The topological polar surface area (TPSA) is 102 Å². The Hall–Kier alpha value is -4.05. The fourth-order valence-electron chi connectivity index (χ4n) is 3.31. The third kappa shape index (κ3) is 5.12. The summed E-state index contributed by atoms with van der Waals surface area (Å²) in [6.07, 6.45) is 3.13. The van der Waals surface area contributed by atoms with Crippen molar-refractivity contribution in [2.75, 3.05) is 24.8 Å². The largest absolute Gasteiger partial charge is 0.495 e. The van der Waals surface area contributed by atoms with E-state index in [1.54, 1.807) is 67.7 Å². The van der Waals surface area contributed by atoms with Gasteiger partial charge in [-0.05, 0) is 36.4 Å². The van der Waals surface area contributed by atoms with E-state index >= 15 is 0 Å². The van der Waals surface area contributed by atoms with Crippen LogP contribution < -0.4 is 15.0 Å². The van der Waals surface area contributed by atoms with Crippen LogP contribution in [0.25, 0.3) is 5.69 Å². The number of hydrogen-bond acceptors (Lipinski definition) is 7.